The fourth-order valence-corrected chi connectivity index (χ4v) is 3.46. The number of carbonyl (C=O) groups is 1. The molecule has 0 saturated carbocycles. The van der Waals surface area contributed by atoms with Gasteiger partial charge in [0.25, 0.3) is 5.91 Å². The quantitative estimate of drug-likeness (QED) is 0.534. The van der Waals surface area contributed by atoms with Gasteiger partial charge in [0.1, 0.15) is 0 Å². The van der Waals surface area contributed by atoms with Crippen molar-refractivity contribution in [2.45, 2.75) is 18.2 Å². The van der Waals surface area contributed by atoms with E-state index in [0.29, 0.717) is 10.7 Å². The van der Waals surface area contributed by atoms with Crippen LogP contribution in [-0.2, 0) is 6.42 Å². The number of carbonyl (C=O) groups excluding carboxylic acids is 1. The minimum Gasteiger partial charge on any atom is -0.273 e. The molecule has 3 aromatic rings. The Hall–Kier alpha value is -2.05. The zero-order chi connectivity index (χ0) is 16.2. The summed E-state index contributed by atoms with van der Waals surface area (Å²) in [4.78, 5) is 17.7. The molecule has 0 aliphatic carbocycles. The van der Waals surface area contributed by atoms with Gasteiger partial charge in [-0.1, -0.05) is 24.3 Å². The van der Waals surface area contributed by atoms with Gasteiger partial charge in [0.15, 0.2) is 0 Å². The lowest BCUT2D eigenvalue weighted by molar-refractivity contribution is 0.0962. The molecular weight excluding hydrogens is 326 g/mol. The van der Waals surface area contributed by atoms with Crippen LogP contribution >= 0.6 is 23.1 Å². The fourth-order valence-electron chi connectivity index (χ4n) is 2.17. The molecule has 1 heterocycles. The number of benzene rings is 2. The van der Waals surface area contributed by atoms with Crippen LogP contribution in [0.15, 0.2) is 47.4 Å². The number of aryl methyl sites for hydroxylation is 1. The summed E-state index contributed by atoms with van der Waals surface area (Å²) in [5.74, 6) is -0.175. The summed E-state index contributed by atoms with van der Waals surface area (Å²) in [6, 6.07) is 13.7. The highest BCUT2D eigenvalue weighted by Crippen LogP contribution is 2.26. The molecule has 0 spiro atoms. The van der Waals surface area contributed by atoms with Crippen LogP contribution in [0, 0.1) is 0 Å². The molecule has 0 fully saturated rings. The summed E-state index contributed by atoms with van der Waals surface area (Å²) in [5, 5.41) is 0.683. The first-order chi connectivity index (χ1) is 11.2. The van der Waals surface area contributed by atoms with Crippen LogP contribution in [0.25, 0.3) is 10.2 Å². The van der Waals surface area contributed by atoms with Crippen LogP contribution in [-0.4, -0.2) is 17.1 Å². The second kappa shape index (κ2) is 7.02. The van der Waals surface area contributed by atoms with Crippen LogP contribution in [0.1, 0.15) is 22.8 Å². The SMILES string of the molecule is CCc1ccc2nc(NNC(=O)c3ccc(SC)cc3)sc2c1. The molecular formula is C17H17N3OS2. The number of rotatable bonds is 5. The van der Waals surface area contributed by atoms with Gasteiger partial charge in [0.2, 0.25) is 5.13 Å². The predicted molar refractivity (Wildman–Crippen MR) is 98.3 cm³/mol. The first-order valence-corrected chi connectivity index (χ1v) is 9.33. The largest absolute Gasteiger partial charge is 0.273 e. The highest BCUT2D eigenvalue weighted by molar-refractivity contribution is 7.98. The third-order valence-corrected chi connectivity index (χ3v) is 5.17. The predicted octanol–water partition coefficient (Wildman–Crippen LogP) is 4.34. The van der Waals surface area contributed by atoms with Crippen LogP contribution in [0.2, 0.25) is 0 Å². The standard InChI is InChI=1S/C17H17N3OS2/c1-3-11-4-9-14-15(10-11)23-17(18-14)20-19-16(21)12-5-7-13(22-2)8-6-12/h4-10H,3H2,1-2H3,(H,18,20)(H,19,21). The van der Waals surface area contributed by atoms with Crippen molar-refractivity contribution in [3.05, 3.63) is 53.6 Å². The number of thioether (sulfide) groups is 1. The van der Waals surface area contributed by atoms with Crippen LogP contribution < -0.4 is 10.9 Å². The van der Waals surface area contributed by atoms with E-state index in [1.54, 1.807) is 11.8 Å². The second-order valence-corrected chi connectivity index (χ2v) is 6.89. The average Bonchev–Trinajstić information content (AvgIpc) is 3.01. The monoisotopic (exact) mass is 343 g/mol. The molecule has 23 heavy (non-hydrogen) atoms. The molecule has 2 aromatic carbocycles. The molecule has 0 radical (unpaired) electrons. The Labute approximate surface area is 143 Å². The highest BCUT2D eigenvalue weighted by atomic mass is 32.2. The lowest BCUT2D eigenvalue weighted by Gasteiger charge is -2.05. The minimum atomic E-state index is -0.175. The molecule has 118 valence electrons. The summed E-state index contributed by atoms with van der Waals surface area (Å²) in [6.45, 7) is 2.13. The molecule has 0 atom stereocenters. The summed E-state index contributed by atoms with van der Waals surface area (Å²) in [7, 11) is 0. The zero-order valence-electron chi connectivity index (χ0n) is 12.9. The van der Waals surface area contributed by atoms with Gasteiger partial charge in [-0.3, -0.25) is 15.6 Å². The smallest absolute Gasteiger partial charge is 0.269 e. The number of nitrogens with zero attached hydrogens (tertiary/aromatic N) is 1. The Kier molecular flexibility index (Phi) is 4.83. The third-order valence-electron chi connectivity index (χ3n) is 3.50. The fraction of sp³-hybridized carbons (Fsp3) is 0.176. The molecule has 0 bridgehead atoms. The van der Waals surface area contributed by atoms with Crippen LogP contribution in [0.5, 0.6) is 0 Å². The van der Waals surface area contributed by atoms with Crippen LogP contribution in [0.4, 0.5) is 5.13 Å². The Balaban J connectivity index is 1.68. The van der Waals surface area contributed by atoms with E-state index in [2.05, 4.69) is 34.9 Å². The lowest BCUT2D eigenvalue weighted by Crippen LogP contribution is -2.29. The Bertz CT molecular complexity index is 827. The molecule has 4 nitrogen and oxygen atoms in total. The maximum absolute atomic E-state index is 12.1. The summed E-state index contributed by atoms with van der Waals surface area (Å²) in [5.41, 5.74) is 8.43. The maximum Gasteiger partial charge on any atom is 0.269 e. The van der Waals surface area contributed by atoms with Gasteiger partial charge < -0.3 is 0 Å². The number of hydrogen-bond acceptors (Lipinski definition) is 5. The Morgan fingerprint density at radius 3 is 2.70 bits per heavy atom. The van der Waals surface area contributed by atoms with E-state index >= 15 is 0 Å². The van der Waals surface area contributed by atoms with Crippen molar-refractivity contribution in [3.63, 3.8) is 0 Å². The molecule has 0 aliphatic rings. The van der Waals surface area contributed by atoms with Crippen LogP contribution in [0.3, 0.4) is 0 Å². The number of nitrogens with one attached hydrogen (secondary N) is 2. The minimum absolute atomic E-state index is 0.175. The molecule has 1 aromatic heterocycles. The molecule has 2 N–H and O–H groups in total. The number of thiazole rings is 1. The number of hydrogen-bond donors (Lipinski definition) is 2. The van der Waals surface area contributed by atoms with Crippen molar-refractivity contribution < 1.29 is 4.79 Å². The number of anilines is 1. The van der Waals surface area contributed by atoms with Gasteiger partial charge in [-0.05, 0) is 54.6 Å². The Morgan fingerprint density at radius 1 is 1.22 bits per heavy atom. The summed E-state index contributed by atoms with van der Waals surface area (Å²) >= 11 is 3.18. The van der Waals surface area contributed by atoms with Crippen molar-refractivity contribution >= 4 is 44.4 Å². The van der Waals surface area contributed by atoms with E-state index < -0.39 is 0 Å². The van der Waals surface area contributed by atoms with E-state index in [9.17, 15) is 4.79 Å². The second-order valence-electron chi connectivity index (χ2n) is 4.98. The average molecular weight is 343 g/mol. The molecule has 0 aliphatic heterocycles. The molecule has 3 rings (SSSR count). The maximum atomic E-state index is 12.1. The van der Waals surface area contributed by atoms with E-state index in [1.165, 1.54) is 16.9 Å². The van der Waals surface area contributed by atoms with Gasteiger partial charge in [0.05, 0.1) is 10.2 Å². The van der Waals surface area contributed by atoms with Gasteiger partial charge in [-0.2, -0.15) is 0 Å². The number of fused-ring (bicyclic) bond motifs is 1. The normalized spacial score (nSPS) is 10.7. The zero-order valence-corrected chi connectivity index (χ0v) is 14.6. The summed E-state index contributed by atoms with van der Waals surface area (Å²) in [6.07, 6.45) is 3.01. The Morgan fingerprint density at radius 2 is 2.00 bits per heavy atom. The number of hydrazine groups is 1. The molecule has 1 amide bonds. The van der Waals surface area contributed by atoms with Gasteiger partial charge in [0, 0.05) is 10.5 Å². The van der Waals surface area contributed by atoms with Gasteiger partial charge >= 0.3 is 0 Å². The van der Waals surface area contributed by atoms with Crippen molar-refractivity contribution in [2.24, 2.45) is 0 Å². The number of amides is 1. The molecule has 6 heteroatoms. The third kappa shape index (κ3) is 3.65. The first kappa shape index (κ1) is 15.8. The van der Waals surface area contributed by atoms with Crippen molar-refractivity contribution in [2.75, 3.05) is 11.7 Å². The molecule has 0 unspecified atom stereocenters. The molecule has 0 saturated heterocycles. The number of aromatic nitrogens is 1. The van der Waals surface area contributed by atoms with Gasteiger partial charge in [-0.15, -0.1) is 11.8 Å². The van der Waals surface area contributed by atoms with E-state index in [1.807, 2.05) is 36.6 Å². The van der Waals surface area contributed by atoms with Crippen molar-refractivity contribution in [3.8, 4) is 0 Å². The van der Waals surface area contributed by atoms with Crippen molar-refractivity contribution in [1.82, 2.24) is 10.4 Å². The highest BCUT2D eigenvalue weighted by Gasteiger charge is 2.08. The van der Waals surface area contributed by atoms with Gasteiger partial charge in [-0.25, -0.2) is 4.98 Å². The summed E-state index contributed by atoms with van der Waals surface area (Å²) < 4.78 is 1.12. The van der Waals surface area contributed by atoms with Crippen molar-refractivity contribution in [1.29, 1.82) is 0 Å². The lowest BCUT2D eigenvalue weighted by atomic mass is 10.2. The topological polar surface area (TPSA) is 54.0 Å². The van der Waals surface area contributed by atoms with E-state index in [-0.39, 0.29) is 5.91 Å². The van der Waals surface area contributed by atoms with E-state index in [0.717, 1.165) is 21.5 Å². The first-order valence-electron chi connectivity index (χ1n) is 7.29. The van der Waals surface area contributed by atoms with E-state index in [4.69, 9.17) is 0 Å².